The molecule has 0 N–H and O–H groups in total. The first-order valence-corrected chi connectivity index (χ1v) is 10.2. The zero-order chi connectivity index (χ0) is 19.2. The maximum atomic E-state index is 12.5. The van der Waals surface area contributed by atoms with Crippen molar-refractivity contribution in [1.82, 2.24) is 4.90 Å². The molecule has 2 heterocycles. The first-order valence-electron chi connectivity index (χ1n) is 8.98. The topological polar surface area (TPSA) is 40.6 Å². The molecule has 0 aliphatic carbocycles. The fourth-order valence-electron chi connectivity index (χ4n) is 3.77. The number of amides is 2. The molecule has 0 saturated carbocycles. The molecule has 2 aliphatic rings. The van der Waals surface area contributed by atoms with Crippen molar-refractivity contribution < 1.29 is 9.59 Å². The van der Waals surface area contributed by atoms with Crippen LogP contribution in [0.25, 0.3) is 6.08 Å². The van der Waals surface area contributed by atoms with Gasteiger partial charge < -0.3 is 4.90 Å². The zero-order valence-electron chi connectivity index (χ0n) is 15.9. The van der Waals surface area contributed by atoms with Crippen molar-refractivity contribution in [2.75, 3.05) is 18.5 Å². The minimum absolute atomic E-state index is 0.0695. The minimum atomic E-state index is -0.220. The van der Waals surface area contributed by atoms with Gasteiger partial charge in [0, 0.05) is 29.8 Å². The van der Waals surface area contributed by atoms with Crippen LogP contribution in [0.4, 0.5) is 10.5 Å². The molecule has 1 aromatic rings. The fourth-order valence-corrected chi connectivity index (χ4v) is 4.84. The Morgan fingerprint density at radius 3 is 2.69 bits per heavy atom. The average molecular weight is 393 g/mol. The van der Waals surface area contributed by atoms with Gasteiger partial charge in [-0.1, -0.05) is 25.4 Å². The summed E-state index contributed by atoms with van der Waals surface area (Å²) in [5, 5.41) is 0.398. The van der Waals surface area contributed by atoms with Crippen LogP contribution in [0.3, 0.4) is 0 Å². The SMILES string of the molecule is CCCN1C(=O)S/C(=C\c2cc3c(cc2Cl)N(C)C(C)(C)CC3C)C1=O. The lowest BCUT2D eigenvalue weighted by molar-refractivity contribution is -0.122. The van der Waals surface area contributed by atoms with Gasteiger partial charge in [-0.3, -0.25) is 14.5 Å². The van der Waals surface area contributed by atoms with E-state index in [0.29, 0.717) is 22.4 Å². The van der Waals surface area contributed by atoms with E-state index in [1.54, 1.807) is 6.08 Å². The smallest absolute Gasteiger partial charge is 0.293 e. The van der Waals surface area contributed by atoms with E-state index in [2.05, 4.69) is 38.8 Å². The first-order chi connectivity index (χ1) is 12.2. The number of anilines is 1. The average Bonchev–Trinajstić information content (AvgIpc) is 2.82. The summed E-state index contributed by atoms with van der Waals surface area (Å²) in [6.45, 7) is 9.10. The van der Waals surface area contributed by atoms with Crippen molar-refractivity contribution in [2.24, 2.45) is 0 Å². The van der Waals surface area contributed by atoms with Crippen molar-refractivity contribution >= 4 is 46.3 Å². The third-order valence-electron chi connectivity index (χ3n) is 5.36. The molecule has 0 bridgehead atoms. The van der Waals surface area contributed by atoms with Crippen molar-refractivity contribution in [3.63, 3.8) is 0 Å². The second-order valence-corrected chi connectivity index (χ2v) is 9.14. The monoisotopic (exact) mass is 392 g/mol. The van der Waals surface area contributed by atoms with Crippen LogP contribution < -0.4 is 4.90 Å². The number of carbonyl (C=O) groups excluding carboxylic acids is 2. The maximum Gasteiger partial charge on any atom is 0.293 e. The molecule has 0 spiro atoms. The second kappa shape index (κ2) is 6.93. The van der Waals surface area contributed by atoms with E-state index in [1.165, 1.54) is 10.5 Å². The molecule has 2 amide bonds. The van der Waals surface area contributed by atoms with E-state index in [9.17, 15) is 9.59 Å². The van der Waals surface area contributed by atoms with Gasteiger partial charge in [-0.2, -0.15) is 0 Å². The molecular weight excluding hydrogens is 368 g/mol. The molecule has 140 valence electrons. The van der Waals surface area contributed by atoms with Gasteiger partial charge in [0.15, 0.2) is 0 Å². The Labute approximate surface area is 164 Å². The maximum absolute atomic E-state index is 12.5. The molecule has 1 aromatic carbocycles. The highest BCUT2D eigenvalue weighted by atomic mass is 35.5. The van der Waals surface area contributed by atoms with Crippen LogP contribution in [0.2, 0.25) is 5.02 Å². The number of hydrogen-bond donors (Lipinski definition) is 0. The molecule has 1 atom stereocenters. The van der Waals surface area contributed by atoms with Gasteiger partial charge in [0.25, 0.3) is 11.1 Å². The normalized spacial score (nSPS) is 23.8. The molecule has 2 aliphatic heterocycles. The zero-order valence-corrected chi connectivity index (χ0v) is 17.5. The Balaban J connectivity index is 2.00. The van der Waals surface area contributed by atoms with Gasteiger partial charge in [-0.25, -0.2) is 0 Å². The summed E-state index contributed by atoms with van der Waals surface area (Å²) in [7, 11) is 2.09. The number of carbonyl (C=O) groups is 2. The molecule has 3 rings (SSSR count). The number of nitrogens with zero attached hydrogens (tertiary/aromatic N) is 2. The predicted molar refractivity (Wildman–Crippen MR) is 110 cm³/mol. The van der Waals surface area contributed by atoms with Crippen molar-refractivity contribution in [3.05, 3.63) is 33.2 Å². The lowest BCUT2D eigenvalue weighted by atomic mass is 9.80. The number of thioether (sulfide) groups is 1. The number of fused-ring (bicyclic) bond motifs is 1. The van der Waals surface area contributed by atoms with Crippen LogP contribution in [-0.4, -0.2) is 35.2 Å². The van der Waals surface area contributed by atoms with Crippen LogP contribution in [-0.2, 0) is 4.79 Å². The van der Waals surface area contributed by atoms with Crippen LogP contribution in [0.5, 0.6) is 0 Å². The molecule has 4 nitrogen and oxygen atoms in total. The van der Waals surface area contributed by atoms with Crippen molar-refractivity contribution in [2.45, 2.75) is 52.0 Å². The van der Waals surface area contributed by atoms with Gasteiger partial charge >= 0.3 is 0 Å². The molecule has 6 heteroatoms. The summed E-state index contributed by atoms with van der Waals surface area (Å²) < 4.78 is 0. The van der Waals surface area contributed by atoms with Gasteiger partial charge in [0.2, 0.25) is 0 Å². The molecule has 0 aromatic heterocycles. The van der Waals surface area contributed by atoms with Crippen molar-refractivity contribution in [3.8, 4) is 0 Å². The summed E-state index contributed by atoms with van der Waals surface area (Å²) in [6, 6.07) is 4.05. The van der Waals surface area contributed by atoms with E-state index < -0.39 is 0 Å². The lowest BCUT2D eigenvalue weighted by Gasteiger charge is -2.45. The summed E-state index contributed by atoms with van der Waals surface area (Å²) in [5.74, 6) is 0.178. The molecule has 26 heavy (non-hydrogen) atoms. The Bertz CT molecular complexity index is 803. The quantitative estimate of drug-likeness (QED) is 0.636. The Kier molecular flexibility index (Phi) is 5.15. The second-order valence-electron chi connectivity index (χ2n) is 7.74. The lowest BCUT2D eigenvalue weighted by Crippen LogP contribution is -2.45. The van der Waals surface area contributed by atoms with E-state index >= 15 is 0 Å². The summed E-state index contributed by atoms with van der Waals surface area (Å²) in [5.41, 5.74) is 3.23. The van der Waals surface area contributed by atoms with Gasteiger partial charge in [-0.05, 0) is 73.7 Å². The Morgan fingerprint density at radius 1 is 1.35 bits per heavy atom. The van der Waals surface area contributed by atoms with Gasteiger partial charge in [0.05, 0.1) is 4.91 Å². The van der Waals surface area contributed by atoms with E-state index in [4.69, 9.17) is 11.6 Å². The van der Waals surface area contributed by atoms with Crippen LogP contribution in [0, 0.1) is 0 Å². The first kappa shape index (κ1) is 19.3. The molecule has 1 saturated heterocycles. The predicted octanol–water partition coefficient (Wildman–Crippen LogP) is 5.51. The standard InChI is InChI=1S/C20H25ClN2O2S/c1-6-7-23-18(24)17(26-19(23)25)9-13-8-14-12(2)11-20(3,4)22(5)16(14)10-15(13)21/h8-10,12H,6-7,11H2,1-5H3/b17-9-. The number of imide groups is 1. The summed E-state index contributed by atoms with van der Waals surface area (Å²) >= 11 is 7.53. The van der Waals surface area contributed by atoms with Crippen LogP contribution in [0.15, 0.2) is 17.0 Å². The summed E-state index contributed by atoms with van der Waals surface area (Å²) in [4.78, 5) is 28.5. The van der Waals surface area contributed by atoms with E-state index in [0.717, 1.165) is 35.9 Å². The summed E-state index contributed by atoms with van der Waals surface area (Å²) in [6.07, 6.45) is 3.56. The molecule has 1 fully saturated rings. The Hall–Kier alpha value is -1.46. The Morgan fingerprint density at radius 2 is 2.04 bits per heavy atom. The van der Waals surface area contributed by atoms with Crippen molar-refractivity contribution in [1.29, 1.82) is 0 Å². The third-order valence-corrected chi connectivity index (χ3v) is 6.59. The fraction of sp³-hybridized carbons (Fsp3) is 0.500. The van der Waals surface area contributed by atoms with Crippen LogP contribution in [0.1, 0.15) is 57.6 Å². The number of halogens is 1. The van der Waals surface area contributed by atoms with Gasteiger partial charge in [-0.15, -0.1) is 0 Å². The largest absolute Gasteiger partial charge is 0.369 e. The molecule has 1 unspecified atom stereocenters. The van der Waals surface area contributed by atoms with E-state index in [1.807, 2.05) is 13.0 Å². The molecular formula is C20H25ClN2O2S. The highest BCUT2D eigenvalue weighted by molar-refractivity contribution is 8.18. The van der Waals surface area contributed by atoms with Crippen LogP contribution >= 0.6 is 23.4 Å². The van der Waals surface area contributed by atoms with Gasteiger partial charge in [0.1, 0.15) is 0 Å². The third kappa shape index (κ3) is 3.27. The highest BCUT2D eigenvalue weighted by Crippen LogP contribution is 2.45. The molecule has 0 radical (unpaired) electrons. The number of hydrogen-bond acceptors (Lipinski definition) is 4. The minimum Gasteiger partial charge on any atom is -0.369 e. The number of benzene rings is 1. The van der Waals surface area contributed by atoms with E-state index in [-0.39, 0.29) is 16.7 Å². The number of rotatable bonds is 3. The highest BCUT2D eigenvalue weighted by Gasteiger charge is 2.36.